The van der Waals surface area contributed by atoms with E-state index in [-0.39, 0.29) is 17.2 Å². The van der Waals surface area contributed by atoms with Gasteiger partial charge in [-0.1, -0.05) is 0 Å². The Balaban J connectivity index is 3.39. The van der Waals surface area contributed by atoms with E-state index in [1.54, 1.807) is 13.0 Å². The number of nitriles is 1. The van der Waals surface area contributed by atoms with Gasteiger partial charge in [0.25, 0.3) is 0 Å². The number of ketones is 1. The van der Waals surface area contributed by atoms with Crippen LogP contribution < -0.4 is 0 Å². The van der Waals surface area contributed by atoms with Gasteiger partial charge in [-0.3, -0.25) is 9.59 Å². The Morgan fingerprint density at radius 2 is 2.27 bits per heavy atom. The van der Waals surface area contributed by atoms with E-state index in [4.69, 9.17) is 16.9 Å². The smallest absolute Gasteiger partial charge is 0.177 e. The van der Waals surface area contributed by atoms with Crippen molar-refractivity contribution < 1.29 is 9.59 Å². The SMILES string of the molecule is Cc1cc(C(=O)CCl)cc(C=O)c1C#N. The summed E-state index contributed by atoms with van der Waals surface area (Å²) in [5.41, 5.74) is 1.50. The highest BCUT2D eigenvalue weighted by molar-refractivity contribution is 6.30. The topological polar surface area (TPSA) is 57.9 Å². The van der Waals surface area contributed by atoms with Crippen LogP contribution >= 0.6 is 11.6 Å². The molecule has 0 amide bonds. The largest absolute Gasteiger partial charge is 0.298 e. The summed E-state index contributed by atoms with van der Waals surface area (Å²) in [5.74, 6) is -0.392. The van der Waals surface area contributed by atoms with E-state index < -0.39 is 0 Å². The number of alkyl halides is 1. The highest BCUT2D eigenvalue weighted by atomic mass is 35.5. The lowest BCUT2D eigenvalue weighted by Gasteiger charge is -2.04. The molecule has 0 heterocycles. The van der Waals surface area contributed by atoms with Crippen LogP contribution in [0, 0.1) is 18.3 Å². The molecule has 0 aliphatic carbocycles. The zero-order valence-corrected chi connectivity index (χ0v) is 8.84. The van der Waals surface area contributed by atoms with Gasteiger partial charge in [-0.25, -0.2) is 0 Å². The molecular weight excluding hydrogens is 214 g/mol. The van der Waals surface area contributed by atoms with Crippen LogP contribution in [0.1, 0.15) is 31.8 Å². The summed E-state index contributed by atoms with van der Waals surface area (Å²) in [7, 11) is 0. The van der Waals surface area contributed by atoms with Gasteiger partial charge in [-0.15, -0.1) is 11.6 Å². The molecule has 0 aromatic heterocycles. The van der Waals surface area contributed by atoms with Gasteiger partial charge >= 0.3 is 0 Å². The molecular formula is C11H8ClNO2. The van der Waals surface area contributed by atoms with Gasteiger partial charge in [0.05, 0.1) is 11.4 Å². The predicted octanol–water partition coefficient (Wildman–Crippen LogP) is 2.10. The van der Waals surface area contributed by atoms with E-state index in [0.717, 1.165) is 0 Å². The fourth-order valence-electron chi connectivity index (χ4n) is 1.30. The van der Waals surface area contributed by atoms with Crippen molar-refractivity contribution in [1.29, 1.82) is 5.26 Å². The minimum Gasteiger partial charge on any atom is -0.298 e. The standard InChI is InChI=1S/C11H8ClNO2/c1-7-2-8(11(15)4-12)3-9(6-14)10(7)5-13/h2-3,6H,4H2,1H3. The fraction of sp³-hybridized carbons (Fsp3) is 0.182. The minimum atomic E-state index is -0.257. The first-order chi connectivity index (χ1) is 7.13. The fourth-order valence-corrected chi connectivity index (χ4v) is 1.45. The lowest BCUT2D eigenvalue weighted by molar-refractivity contribution is 0.102. The number of aldehydes is 1. The van der Waals surface area contributed by atoms with Crippen LogP contribution in [0.25, 0.3) is 0 Å². The molecule has 1 rings (SSSR count). The third kappa shape index (κ3) is 2.23. The van der Waals surface area contributed by atoms with E-state index in [2.05, 4.69) is 0 Å². The molecule has 1 aromatic carbocycles. The van der Waals surface area contributed by atoms with Crippen molar-refractivity contribution in [3.8, 4) is 6.07 Å². The number of aryl methyl sites for hydroxylation is 1. The molecule has 0 aliphatic rings. The summed E-state index contributed by atoms with van der Waals surface area (Å²) >= 11 is 5.41. The van der Waals surface area contributed by atoms with Crippen molar-refractivity contribution in [3.05, 3.63) is 34.4 Å². The molecule has 0 saturated heterocycles. The lowest BCUT2D eigenvalue weighted by Crippen LogP contribution is -2.04. The van der Waals surface area contributed by atoms with E-state index in [1.165, 1.54) is 6.07 Å². The predicted molar refractivity (Wildman–Crippen MR) is 56.3 cm³/mol. The quantitative estimate of drug-likeness (QED) is 0.446. The molecule has 0 bridgehead atoms. The zero-order valence-electron chi connectivity index (χ0n) is 8.08. The maximum absolute atomic E-state index is 11.3. The average Bonchev–Trinajstić information content (AvgIpc) is 2.26. The molecule has 0 unspecified atom stereocenters. The van der Waals surface area contributed by atoms with Crippen molar-refractivity contribution in [2.45, 2.75) is 6.92 Å². The minimum absolute atomic E-state index is 0.135. The number of hydrogen-bond donors (Lipinski definition) is 0. The Hall–Kier alpha value is -1.66. The summed E-state index contributed by atoms with van der Waals surface area (Å²) in [5, 5.41) is 8.80. The van der Waals surface area contributed by atoms with Crippen molar-refractivity contribution in [2.75, 3.05) is 5.88 Å². The number of hydrogen-bond acceptors (Lipinski definition) is 3. The first-order valence-electron chi connectivity index (χ1n) is 4.23. The Bertz CT molecular complexity index is 460. The highest BCUT2D eigenvalue weighted by Crippen LogP contribution is 2.15. The number of benzene rings is 1. The zero-order chi connectivity index (χ0) is 11.4. The maximum atomic E-state index is 11.3. The van der Waals surface area contributed by atoms with Crippen LogP contribution in [0.2, 0.25) is 0 Å². The molecule has 76 valence electrons. The first kappa shape index (κ1) is 11.4. The summed E-state index contributed by atoms with van der Waals surface area (Å²) in [6.45, 7) is 1.68. The van der Waals surface area contributed by atoms with Gasteiger partial charge in [-0.05, 0) is 24.6 Å². The van der Waals surface area contributed by atoms with Crippen LogP contribution in [0.15, 0.2) is 12.1 Å². The van der Waals surface area contributed by atoms with Crippen LogP contribution in [0.4, 0.5) is 0 Å². The van der Waals surface area contributed by atoms with Crippen molar-refractivity contribution in [2.24, 2.45) is 0 Å². The molecule has 0 spiro atoms. The van der Waals surface area contributed by atoms with Gasteiger partial charge in [0.2, 0.25) is 0 Å². The second-order valence-electron chi connectivity index (χ2n) is 3.04. The van der Waals surface area contributed by atoms with Gasteiger partial charge < -0.3 is 0 Å². The molecule has 0 N–H and O–H groups in total. The first-order valence-corrected chi connectivity index (χ1v) is 4.76. The van der Waals surface area contributed by atoms with E-state index in [9.17, 15) is 9.59 Å². The molecule has 0 fully saturated rings. The second-order valence-corrected chi connectivity index (χ2v) is 3.31. The normalized spacial score (nSPS) is 9.40. The summed E-state index contributed by atoms with van der Waals surface area (Å²) in [6, 6.07) is 4.88. The second kappa shape index (κ2) is 4.72. The summed E-state index contributed by atoms with van der Waals surface area (Å²) < 4.78 is 0. The Labute approximate surface area is 92.3 Å². The Morgan fingerprint density at radius 3 is 2.73 bits per heavy atom. The van der Waals surface area contributed by atoms with Crippen LogP contribution in [-0.4, -0.2) is 17.9 Å². The van der Waals surface area contributed by atoms with E-state index in [0.29, 0.717) is 23.0 Å². The van der Waals surface area contributed by atoms with Crippen LogP contribution in [0.5, 0.6) is 0 Å². The van der Waals surface area contributed by atoms with Crippen LogP contribution in [-0.2, 0) is 0 Å². The Morgan fingerprint density at radius 1 is 1.60 bits per heavy atom. The lowest BCUT2D eigenvalue weighted by atomic mass is 9.98. The van der Waals surface area contributed by atoms with Gasteiger partial charge in [0.1, 0.15) is 6.07 Å². The third-order valence-corrected chi connectivity index (χ3v) is 2.29. The molecule has 0 atom stereocenters. The van der Waals surface area contributed by atoms with Gasteiger partial charge in [0.15, 0.2) is 12.1 Å². The molecule has 3 nitrogen and oxygen atoms in total. The number of rotatable bonds is 3. The van der Waals surface area contributed by atoms with Crippen molar-refractivity contribution in [1.82, 2.24) is 0 Å². The Kier molecular flexibility index (Phi) is 3.59. The van der Waals surface area contributed by atoms with E-state index >= 15 is 0 Å². The summed E-state index contributed by atoms with van der Waals surface area (Å²) in [6.07, 6.45) is 0.566. The average molecular weight is 222 g/mol. The number of Topliss-reactive ketones (excluding diaryl/α,β-unsaturated/α-hetero) is 1. The number of nitrogens with zero attached hydrogens (tertiary/aromatic N) is 1. The third-order valence-electron chi connectivity index (χ3n) is 2.05. The van der Waals surface area contributed by atoms with Crippen molar-refractivity contribution >= 4 is 23.7 Å². The molecule has 0 saturated carbocycles. The summed E-state index contributed by atoms with van der Waals surface area (Å²) in [4.78, 5) is 22.0. The van der Waals surface area contributed by atoms with E-state index in [1.807, 2.05) is 6.07 Å². The number of carbonyl (C=O) groups is 2. The molecule has 1 aromatic rings. The molecule has 4 heteroatoms. The van der Waals surface area contributed by atoms with Crippen LogP contribution in [0.3, 0.4) is 0 Å². The highest BCUT2D eigenvalue weighted by Gasteiger charge is 2.11. The van der Waals surface area contributed by atoms with Gasteiger partial charge in [0, 0.05) is 11.1 Å². The molecule has 0 aliphatic heterocycles. The molecule has 0 radical (unpaired) electrons. The number of halogens is 1. The monoisotopic (exact) mass is 221 g/mol. The van der Waals surface area contributed by atoms with Gasteiger partial charge in [-0.2, -0.15) is 5.26 Å². The number of carbonyl (C=O) groups excluding carboxylic acids is 2. The molecule has 15 heavy (non-hydrogen) atoms. The van der Waals surface area contributed by atoms with Crippen molar-refractivity contribution in [3.63, 3.8) is 0 Å². The maximum Gasteiger partial charge on any atom is 0.177 e.